The molecular formula is C43H78NO10P. The van der Waals surface area contributed by atoms with Crippen molar-refractivity contribution in [3.8, 4) is 0 Å². The van der Waals surface area contributed by atoms with Crippen molar-refractivity contribution in [3.63, 3.8) is 0 Å². The zero-order valence-corrected chi connectivity index (χ0v) is 35.3. The lowest BCUT2D eigenvalue weighted by Gasteiger charge is -2.20. The molecule has 0 radical (unpaired) electrons. The van der Waals surface area contributed by atoms with E-state index in [0.29, 0.717) is 25.7 Å². The van der Waals surface area contributed by atoms with Gasteiger partial charge in [-0.1, -0.05) is 165 Å². The first-order chi connectivity index (χ1) is 26.6. The van der Waals surface area contributed by atoms with Crippen LogP contribution in [0.15, 0.2) is 48.6 Å². The summed E-state index contributed by atoms with van der Waals surface area (Å²) in [6, 6.07) is 0. The summed E-state index contributed by atoms with van der Waals surface area (Å²) in [5.74, 6) is -1.07. The topological polar surface area (TPSA) is 175 Å². The number of nitrogens with two attached hydrogens (primary N) is 1. The highest BCUT2D eigenvalue weighted by Crippen LogP contribution is 2.43. The molecule has 1 unspecified atom stereocenters. The maximum absolute atomic E-state index is 12.6. The lowest BCUT2D eigenvalue weighted by molar-refractivity contribution is -0.161. The number of rotatable bonds is 39. The van der Waals surface area contributed by atoms with Gasteiger partial charge < -0.3 is 30.3 Å². The normalized spacial score (nSPS) is 14.9. The maximum Gasteiger partial charge on any atom is 0.472 e. The van der Waals surface area contributed by atoms with Gasteiger partial charge in [0.25, 0.3) is 0 Å². The number of phosphoric ester groups is 1. The monoisotopic (exact) mass is 800 g/mol. The third-order valence-electron chi connectivity index (χ3n) is 8.91. The number of allylic oxidation sites excluding steroid dienone is 5. The average Bonchev–Trinajstić information content (AvgIpc) is 3.16. The van der Waals surface area contributed by atoms with Gasteiger partial charge in [0, 0.05) is 19.4 Å². The van der Waals surface area contributed by atoms with Gasteiger partial charge in [-0.15, -0.1) is 0 Å². The number of hydrogen-bond donors (Lipinski definition) is 4. The highest BCUT2D eigenvalue weighted by molar-refractivity contribution is 7.47. The van der Waals surface area contributed by atoms with Crippen molar-refractivity contribution < 1.29 is 47.8 Å². The fourth-order valence-electron chi connectivity index (χ4n) is 5.65. The molecule has 12 heteroatoms. The SMILES string of the molecule is CCCCC/C=C\C[C@@H](O)/C=C/C=C/C=C\[C@@H](O)CCCC(=O)OC[C@H](COP(=O)(O)OCCN)OC(=O)CCCCCCCCCCCCCCCCC. The molecule has 0 aliphatic rings. The summed E-state index contributed by atoms with van der Waals surface area (Å²) in [6.07, 6.45) is 36.3. The van der Waals surface area contributed by atoms with Gasteiger partial charge in [-0.05, 0) is 38.5 Å². The van der Waals surface area contributed by atoms with Crippen molar-refractivity contribution in [1.82, 2.24) is 0 Å². The largest absolute Gasteiger partial charge is 0.472 e. The van der Waals surface area contributed by atoms with Crippen LogP contribution in [0.4, 0.5) is 0 Å². The van der Waals surface area contributed by atoms with Gasteiger partial charge in [0.05, 0.1) is 25.4 Å². The van der Waals surface area contributed by atoms with E-state index in [9.17, 15) is 29.3 Å². The van der Waals surface area contributed by atoms with Gasteiger partial charge in [0.15, 0.2) is 6.10 Å². The van der Waals surface area contributed by atoms with Crippen molar-refractivity contribution in [2.45, 2.75) is 186 Å². The lowest BCUT2D eigenvalue weighted by atomic mass is 10.0. The number of esters is 2. The first kappa shape index (κ1) is 52.9. The van der Waals surface area contributed by atoms with Crippen LogP contribution in [0.25, 0.3) is 0 Å². The van der Waals surface area contributed by atoms with E-state index < -0.39 is 44.7 Å². The molecule has 4 atom stereocenters. The summed E-state index contributed by atoms with van der Waals surface area (Å²) < 4.78 is 32.6. The Kier molecular flexibility index (Phi) is 37.3. The molecule has 0 aromatic carbocycles. The molecule has 0 bridgehead atoms. The number of carbonyl (C=O) groups excluding carboxylic acids is 2. The van der Waals surface area contributed by atoms with Crippen LogP contribution in [0.3, 0.4) is 0 Å². The Morgan fingerprint density at radius 1 is 0.636 bits per heavy atom. The van der Waals surface area contributed by atoms with E-state index in [1.165, 1.54) is 89.9 Å². The molecule has 5 N–H and O–H groups in total. The van der Waals surface area contributed by atoms with Crippen LogP contribution in [-0.2, 0) is 32.7 Å². The van der Waals surface area contributed by atoms with Crippen molar-refractivity contribution >= 4 is 19.8 Å². The molecule has 11 nitrogen and oxygen atoms in total. The maximum atomic E-state index is 12.6. The van der Waals surface area contributed by atoms with Crippen LogP contribution in [0.1, 0.15) is 168 Å². The summed E-state index contributed by atoms with van der Waals surface area (Å²) in [6.45, 7) is 3.39. The molecule has 0 amide bonds. The number of carbonyl (C=O) groups is 2. The molecule has 0 heterocycles. The predicted molar refractivity (Wildman–Crippen MR) is 222 cm³/mol. The van der Waals surface area contributed by atoms with Gasteiger partial charge in [-0.3, -0.25) is 18.6 Å². The van der Waals surface area contributed by atoms with Gasteiger partial charge >= 0.3 is 19.8 Å². The predicted octanol–water partition coefficient (Wildman–Crippen LogP) is 9.88. The highest BCUT2D eigenvalue weighted by atomic mass is 31.2. The second-order valence-corrected chi connectivity index (χ2v) is 15.7. The van der Waals surface area contributed by atoms with Crippen LogP contribution in [0.5, 0.6) is 0 Å². The highest BCUT2D eigenvalue weighted by Gasteiger charge is 2.26. The summed E-state index contributed by atoms with van der Waals surface area (Å²) in [5.41, 5.74) is 5.33. The Morgan fingerprint density at radius 2 is 1.16 bits per heavy atom. The Bertz CT molecular complexity index is 1080. The number of phosphoric acid groups is 1. The zero-order chi connectivity index (χ0) is 40.7. The zero-order valence-electron chi connectivity index (χ0n) is 34.4. The minimum absolute atomic E-state index is 0.0182. The Hall–Kier alpha value is -2.11. The molecular weight excluding hydrogens is 721 g/mol. The second-order valence-electron chi connectivity index (χ2n) is 14.3. The first-order valence-corrected chi connectivity index (χ1v) is 22.8. The summed E-state index contributed by atoms with van der Waals surface area (Å²) >= 11 is 0. The van der Waals surface area contributed by atoms with Crippen LogP contribution >= 0.6 is 7.82 Å². The Labute approximate surface area is 333 Å². The minimum Gasteiger partial charge on any atom is -0.462 e. The van der Waals surface area contributed by atoms with E-state index in [-0.39, 0.29) is 32.6 Å². The van der Waals surface area contributed by atoms with Gasteiger partial charge in [0.2, 0.25) is 0 Å². The quantitative estimate of drug-likeness (QED) is 0.0153. The van der Waals surface area contributed by atoms with Crippen molar-refractivity contribution in [2.75, 3.05) is 26.4 Å². The molecule has 0 aliphatic heterocycles. The third-order valence-corrected chi connectivity index (χ3v) is 9.89. The smallest absolute Gasteiger partial charge is 0.462 e. The van der Waals surface area contributed by atoms with Gasteiger partial charge in [-0.25, -0.2) is 4.57 Å². The minimum atomic E-state index is -4.43. The van der Waals surface area contributed by atoms with Crippen LogP contribution < -0.4 is 5.73 Å². The van der Waals surface area contributed by atoms with E-state index in [1.807, 2.05) is 6.08 Å². The van der Waals surface area contributed by atoms with Crippen LogP contribution in [-0.4, -0.2) is 71.7 Å². The number of ether oxygens (including phenoxy) is 2. The van der Waals surface area contributed by atoms with Crippen LogP contribution in [0, 0.1) is 0 Å². The fraction of sp³-hybridized carbons (Fsp3) is 0.767. The van der Waals surface area contributed by atoms with E-state index in [1.54, 1.807) is 36.5 Å². The Balaban J connectivity index is 4.42. The first-order valence-electron chi connectivity index (χ1n) is 21.3. The van der Waals surface area contributed by atoms with E-state index >= 15 is 0 Å². The molecule has 0 fully saturated rings. The number of aliphatic hydroxyl groups excluding tert-OH is 2. The van der Waals surface area contributed by atoms with E-state index in [4.69, 9.17) is 24.3 Å². The van der Waals surface area contributed by atoms with Gasteiger partial charge in [-0.2, -0.15) is 0 Å². The fourth-order valence-corrected chi connectivity index (χ4v) is 6.42. The molecule has 0 aromatic rings. The molecule has 320 valence electrons. The lowest BCUT2D eigenvalue weighted by Crippen LogP contribution is -2.29. The molecule has 0 spiro atoms. The van der Waals surface area contributed by atoms with Crippen molar-refractivity contribution in [1.29, 1.82) is 0 Å². The Morgan fingerprint density at radius 3 is 1.75 bits per heavy atom. The van der Waals surface area contributed by atoms with Crippen molar-refractivity contribution in [2.24, 2.45) is 5.73 Å². The van der Waals surface area contributed by atoms with E-state index in [2.05, 4.69) is 19.9 Å². The summed E-state index contributed by atoms with van der Waals surface area (Å²) in [5, 5.41) is 20.2. The molecule has 0 rings (SSSR count). The molecule has 0 saturated heterocycles. The molecule has 0 saturated carbocycles. The van der Waals surface area contributed by atoms with Gasteiger partial charge in [0.1, 0.15) is 6.61 Å². The standard InChI is InChI=1S/C43H78NO10P/c1-3-5-7-9-11-12-13-14-15-16-17-18-19-21-27-33-43(48)54-41(38-53-55(49,50)52-36-35-44)37-51-42(47)34-28-32-40(46)31-26-23-22-25-30-39(45)29-24-20-10-8-6-4-2/h20,22-26,30-31,39-41,45-46H,3-19,21,27-29,32-38,44H2,1-2H3,(H,49,50)/b23-22+,24-20-,30-25+,31-26-/t39-,40-,41-/m1/s1. The summed E-state index contributed by atoms with van der Waals surface area (Å²) in [4.78, 5) is 34.8. The number of unbranched alkanes of at least 4 members (excludes halogenated alkanes) is 17. The number of hydrogen-bond acceptors (Lipinski definition) is 10. The second kappa shape index (κ2) is 38.7. The summed E-state index contributed by atoms with van der Waals surface area (Å²) in [7, 11) is -4.43. The average molecular weight is 800 g/mol. The third kappa shape index (κ3) is 38.5. The molecule has 55 heavy (non-hydrogen) atoms. The van der Waals surface area contributed by atoms with E-state index in [0.717, 1.165) is 25.7 Å². The van der Waals surface area contributed by atoms with Crippen molar-refractivity contribution in [3.05, 3.63) is 48.6 Å². The van der Waals surface area contributed by atoms with Crippen LogP contribution in [0.2, 0.25) is 0 Å². The number of aliphatic hydroxyl groups is 2. The molecule has 0 aliphatic carbocycles. The molecule has 0 aromatic heterocycles.